The third kappa shape index (κ3) is 7.09. The lowest BCUT2D eigenvalue weighted by Gasteiger charge is -2.29. The topological polar surface area (TPSA) is 82.2 Å². The molecule has 0 saturated carbocycles. The number of hydrogen-bond donors (Lipinski definition) is 2. The summed E-state index contributed by atoms with van der Waals surface area (Å²) >= 11 is 0. The Balaban J connectivity index is 0.00000196. The van der Waals surface area contributed by atoms with Crippen LogP contribution in [0.5, 0.6) is 0 Å². The minimum Gasteiger partial charge on any atom is -0.381 e. The molecule has 156 valence electrons. The van der Waals surface area contributed by atoms with Crippen molar-refractivity contribution in [1.82, 2.24) is 14.9 Å². The molecule has 0 aliphatic carbocycles. The number of nitrogens with two attached hydrogens (primary N) is 1. The zero-order valence-corrected chi connectivity index (χ0v) is 17.8. The van der Waals surface area contributed by atoms with Crippen LogP contribution in [0, 0.1) is 5.92 Å². The van der Waals surface area contributed by atoms with E-state index in [4.69, 9.17) is 10.5 Å². The maximum atomic E-state index is 12.4. The van der Waals surface area contributed by atoms with Crippen LogP contribution in [0.1, 0.15) is 31.0 Å². The Morgan fingerprint density at radius 3 is 2.64 bits per heavy atom. The van der Waals surface area contributed by atoms with E-state index in [2.05, 4.69) is 29.4 Å². The molecule has 6 nitrogen and oxygen atoms in total. The van der Waals surface area contributed by atoms with Crippen molar-refractivity contribution < 1.29 is 9.53 Å². The van der Waals surface area contributed by atoms with E-state index in [-0.39, 0.29) is 36.8 Å². The molecule has 3 N–H and O–H groups in total. The van der Waals surface area contributed by atoms with Crippen LogP contribution in [0.4, 0.5) is 0 Å². The third-order valence-corrected chi connectivity index (χ3v) is 5.00. The van der Waals surface area contributed by atoms with E-state index >= 15 is 0 Å². The van der Waals surface area contributed by atoms with E-state index in [1.54, 1.807) is 6.33 Å². The lowest BCUT2D eigenvalue weighted by Crippen LogP contribution is -2.48. The molecule has 0 bridgehead atoms. The van der Waals surface area contributed by atoms with Gasteiger partial charge in [0.1, 0.15) is 0 Å². The lowest BCUT2D eigenvalue weighted by molar-refractivity contribution is -0.123. The highest BCUT2D eigenvalue weighted by Gasteiger charge is 2.24. The maximum Gasteiger partial charge on any atom is 0.237 e. The molecule has 2 atom stereocenters. The van der Waals surface area contributed by atoms with Crippen LogP contribution in [-0.4, -0.2) is 40.8 Å². The second-order valence-electron chi connectivity index (χ2n) is 7.08. The average molecular weight is 429 g/mol. The standard InChI is InChI=1S/C20H28N4O2.2ClH/c1-15(17-7-9-26-10-8-17)23-20(25)19(21)11-18-13-24(14-22-18)12-16-5-3-2-4-6-16;;/h2-6,13-15,17,19H,7-12,21H2,1H3,(H,23,25);2*1H/t15?,19-;;/m0../s1. The first-order chi connectivity index (χ1) is 12.6. The molecule has 28 heavy (non-hydrogen) atoms. The summed E-state index contributed by atoms with van der Waals surface area (Å²) in [6, 6.07) is 9.74. The largest absolute Gasteiger partial charge is 0.381 e. The quantitative estimate of drug-likeness (QED) is 0.709. The Labute approximate surface area is 179 Å². The van der Waals surface area contributed by atoms with Crippen molar-refractivity contribution in [3.05, 3.63) is 54.1 Å². The SMILES string of the molecule is CC(NC(=O)[C@@H](N)Cc1cn(Cc2ccccc2)cn1)C1CCOCC1.Cl.Cl. The molecular formula is C20H30Cl2N4O2. The zero-order valence-electron chi connectivity index (χ0n) is 16.1. The Morgan fingerprint density at radius 1 is 1.29 bits per heavy atom. The van der Waals surface area contributed by atoms with Crippen molar-refractivity contribution in [2.45, 2.75) is 44.8 Å². The van der Waals surface area contributed by atoms with Crippen LogP contribution in [0.2, 0.25) is 0 Å². The fourth-order valence-corrected chi connectivity index (χ4v) is 3.38. The molecule has 1 saturated heterocycles. The van der Waals surface area contributed by atoms with Gasteiger partial charge < -0.3 is 20.4 Å². The van der Waals surface area contributed by atoms with Gasteiger partial charge in [-0.3, -0.25) is 4.79 Å². The van der Waals surface area contributed by atoms with Crippen molar-refractivity contribution in [2.24, 2.45) is 11.7 Å². The third-order valence-electron chi connectivity index (χ3n) is 5.00. The number of halogens is 2. The molecule has 1 aromatic carbocycles. The van der Waals surface area contributed by atoms with E-state index in [1.165, 1.54) is 5.56 Å². The highest BCUT2D eigenvalue weighted by atomic mass is 35.5. The molecule has 2 aromatic rings. The van der Waals surface area contributed by atoms with E-state index in [0.717, 1.165) is 38.3 Å². The summed E-state index contributed by atoms with van der Waals surface area (Å²) in [6.07, 6.45) is 6.16. The molecule has 1 fully saturated rings. The highest BCUT2D eigenvalue weighted by molar-refractivity contribution is 5.85. The normalized spacial score (nSPS) is 16.4. The smallest absolute Gasteiger partial charge is 0.237 e. The monoisotopic (exact) mass is 428 g/mol. The second-order valence-corrected chi connectivity index (χ2v) is 7.08. The van der Waals surface area contributed by atoms with Crippen molar-refractivity contribution >= 4 is 30.7 Å². The number of benzene rings is 1. The Kier molecular flexibility index (Phi) is 10.5. The summed E-state index contributed by atoms with van der Waals surface area (Å²) in [4.78, 5) is 16.8. The predicted molar refractivity (Wildman–Crippen MR) is 115 cm³/mol. The summed E-state index contributed by atoms with van der Waals surface area (Å²) in [5.41, 5.74) is 8.15. The van der Waals surface area contributed by atoms with Gasteiger partial charge in [-0.2, -0.15) is 0 Å². The van der Waals surface area contributed by atoms with Gasteiger partial charge in [0.05, 0.1) is 18.1 Å². The molecule has 3 rings (SSSR count). The number of aromatic nitrogens is 2. The van der Waals surface area contributed by atoms with Crippen molar-refractivity contribution in [1.29, 1.82) is 0 Å². The molecule has 0 radical (unpaired) electrons. The minimum absolute atomic E-state index is 0. The van der Waals surface area contributed by atoms with E-state index in [1.807, 2.05) is 29.0 Å². The molecule has 2 heterocycles. The number of hydrogen-bond acceptors (Lipinski definition) is 4. The van der Waals surface area contributed by atoms with Crippen LogP contribution in [0.3, 0.4) is 0 Å². The average Bonchev–Trinajstić information content (AvgIpc) is 3.10. The zero-order chi connectivity index (χ0) is 18.4. The van der Waals surface area contributed by atoms with Gasteiger partial charge in [0, 0.05) is 38.4 Å². The van der Waals surface area contributed by atoms with Crippen molar-refractivity contribution in [3.63, 3.8) is 0 Å². The number of carbonyl (C=O) groups is 1. The number of amides is 1. The number of imidazole rings is 1. The molecule has 1 unspecified atom stereocenters. The molecule has 1 amide bonds. The van der Waals surface area contributed by atoms with Crippen LogP contribution < -0.4 is 11.1 Å². The highest BCUT2D eigenvalue weighted by Crippen LogP contribution is 2.18. The molecule has 1 aliphatic heterocycles. The molecule has 8 heteroatoms. The first kappa shape index (κ1) is 24.4. The maximum absolute atomic E-state index is 12.4. The number of ether oxygens (including phenoxy) is 1. The number of nitrogens with one attached hydrogen (secondary N) is 1. The molecular weight excluding hydrogens is 399 g/mol. The Hall–Kier alpha value is -1.60. The van der Waals surface area contributed by atoms with E-state index < -0.39 is 6.04 Å². The van der Waals surface area contributed by atoms with Crippen molar-refractivity contribution in [2.75, 3.05) is 13.2 Å². The first-order valence-corrected chi connectivity index (χ1v) is 9.30. The van der Waals surface area contributed by atoms with Gasteiger partial charge in [0.25, 0.3) is 0 Å². The van der Waals surface area contributed by atoms with E-state index in [0.29, 0.717) is 12.3 Å². The number of rotatable bonds is 7. The van der Waals surface area contributed by atoms with Gasteiger partial charge in [-0.1, -0.05) is 30.3 Å². The number of carbonyl (C=O) groups excluding carboxylic acids is 1. The van der Waals surface area contributed by atoms with Gasteiger partial charge in [-0.25, -0.2) is 4.98 Å². The van der Waals surface area contributed by atoms with Crippen LogP contribution in [0.15, 0.2) is 42.9 Å². The van der Waals surface area contributed by atoms with Gasteiger partial charge >= 0.3 is 0 Å². The Bertz CT molecular complexity index is 705. The van der Waals surface area contributed by atoms with Gasteiger partial charge in [0.15, 0.2) is 0 Å². The molecule has 1 aromatic heterocycles. The fourth-order valence-electron chi connectivity index (χ4n) is 3.38. The summed E-state index contributed by atoms with van der Waals surface area (Å²) in [6.45, 7) is 4.36. The number of nitrogens with zero attached hydrogens (tertiary/aromatic N) is 2. The van der Waals surface area contributed by atoms with Gasteiger partial charge in [0.2, 0.25) is 5.91 Å². The lowest BCUT2D eigenvalue weighted by atomic mass is 9.92. The van der Waals surface area contributed by atoms with E-state index in [9.17, 15) is 4.79 Å². The molecule has 1 aliphatic rings. The first-order valence-electron chi connectivity index (χ1n) is 9.30. The minimum atomic E-state index is -0.586. The summed E-state index contributed by atoms with van der Waals surface area (Å²) in [5.74, 6) is 0.353. The van der Waals surface area contributed by atoms with Gasteiger partial charge in [-0.05, 0) is 31.2 Å². The van der Waals surface area contributed by atoms with Crippen molar-refractivity contribution in [3.8, 4) is 0 Å². The molecule has 0 spiro atoms. The fraction of sp³-hybridized carbons (Fsp3) is 0.500. The van der Waals surface area contributed by atoms with Gasteiger partial charge in [-0.15, -0.1) is 24.8 Å². The summed E-state index contributed by atoms with van der Waals surface area (Å²) in [7, 11) is 0. The predicted octanol–water partition coefficient (Wildman–Crippen LogP) is 2.58. The second kappa shape index (κ2) is 12.1. The summed E-state index contributed by atoms with van der Waals surface area (Å²) < 4.78 is 7.39. The van der Waals surface area contributed by atoms with Crippen LogP contribution in [-0.2, 0) is 22.5 Å². The summed E-state index contributed by atoms with van der Waals surface area (Å²) in [5, 5.41) is 3.06. The van der Waals surface area contributed by atoms with Crippen LogP contribution >= 0.6 is 24.8 Å². The van der Waals surface area contributed by atoms with Crippen LogP contribution in [0.25, 0.3) is 0 Å². The Morgan fingerprint density at radius 2 is 1.96 bits per heavy atom.